The van der Waals surface area contributed by atoms with Gasteiger partial charge in [-0.05, 0) is 37.0 Å². The van der Waals surface area contributed by atoms with E-state index in [0.717, 1.165) is 16.9 Å². The van der Waals surface area contributed by atoms with Gasteiger partial charge in [0.2, 0.25) is 0 Å². The summed E-state index contributed by atoms with van der Waals surface area (Å²) in [5.41, 5.74) is 2.21. The lowest BCUT2D eigenvalue weighted by Crippen LogP contribution is -2.30. The minimum atomic E-state index is -0.596. The first kappa shape index (κ1) is 16.1. The maximum absolute atomic E-state index is 12.2. The van der Waals surface area contributed by atoms with E-state index in [4.69, 9.17) is 4.74 Å². The molecule has 1 aromatic carbocycles. The molecule has 1 amide bonds. The van der Waals surface area contributed by atoms with Crippen molar-refractivity contribution in [3.8, 4) is 5.75 Å². The van der Waals surface area contributed by atoms with Crippen LogP contribution in [0, 0.1) is 6.92 Å². The molecule has 1 heterocycles. The Labute approximate surface area is 131 Å². The van der Waals surface area contributed by atoms with Crippen LogP contribution in [0.4, 0.5) is 5.82 Å². The van der Waals surface area contributed by atoms with E-state index in [1.165, 1.54) is 0 Å². The highest BCUT2D eigenvalue weighted by atomic mass is 16.5. The number of amides is 1. The zero-order chi connectivity index (χ0) is 16.3. The number of carbonyl (C=O) groups is 1. The van der Waals surface area contributed by atoms with Crippen molar-refractivity contribution in [3.05, 3.63) is 41.6 Å². The standard InChI is InChI=1S/C17H23N3O2/c1-11(2)14-7-6-12(3)10-15(14)22-13(4)17(21)18-16-8-9-20(5)19-16/h6-11,13H,1-5H3,(H,18,19,21). The number of nitrogens with zero attached hydrogens (tertiary/aromatic N) is 2. The summed E-state index contributed by atoms with van der Waals surface area (Å²) < 4.78 is 7.52. The first-order chi connectivity index (χ1) is 10.4. The van der Waals surface area contributed by atoms with Gasteiger partial charge in [-0.15, -0.1) is 0 Å². The number of anilines is 1. The van der Waals surface area contributed by atoms with Gasteiger partial charge in [0.05, 0.1) is 0 Å². The summed E-state index contributed by atoms with van der Waals surface area (Å²) in [4.78, 5) is 12.2. The van der Waals surface area contributed by atoms with Crippen LogP contribution in [0.1, 0.15) is 37.8 Å². The van der Waals surface area contributed by atoms with Gasteiger partial charge in [-0.2, -0.15) is 5.10 Å². The minimum absolute atomic E-state index is 0.213. The molecule has 0 spiro atoms. The SMILES string of the molecule is Cc1ccc(C(C)C)c(OC(C)C(=O)Nc2ccn(C)n2)c1. The number of aromatic nitrogens is 2. The number of aryl methyl sites for hydroxylation is 2. The molecule has 0 radical (unpaired) electrons. The molecule has 0 aliphatic heterocycles. The largest absolute Gasteiger partial charge is 0.481 e. The monoisotopic (exact) mass is 301 g/mol. The predicted molar refractivity (Wildman–Crippen MR) is 87.2 cm³/mol. The summed E-state index contributed by atoms with van der Waals surface area (Å²) in [5, 5.41) is 6.88. The van der Waals surface area contributed by atoms with Gasteiger partial charge >= 0.3 is 0 Å². The second-order valence-electron chi connectivity index (χ2n) is 5.82. The number of ether oxygens (including phenoxy) is 1. The van der Waals surface area contributed by atoms with E-state index in [1.54, 1.807) is 30.9 Å². The lowest BCUT2D eigenvalue weighted by atomic mass is 10.0. The van der Waals surface area contributed by atoms with Crippen molar-refractivity contribution in [3.63, 3.8) is 0 Å². The van der Waals surface area contributed by atoms with Crippen molar-refractivity contribution < 1.29 is 9.53 Å². The summed E-state index contributed by atoms with van der Waals surface area (Å²) in [6.07, 6.45) is 1.18. The molecule has 22 heavy (non-hydrogen) atoms. The molecule has 1 aromatic heterocycles. The zero-order valence-corrected chi connectivity index (χ0v) is 13.8. The van der Waals surface area contributed by atoms with Gasteiger partial charge in [0, 0.05) is 19.3 Å². The first-order valence-electron chi connectivity index (χ1n) is 7.44. The van der Waals surface area contributed by atoms with E-state index in [-0.39, 0.29) is 5.91 Å². The Morgan fingerprint density at radius 1 is 1.27 bits per heavy atom. The first-order valence-corrected chi connectivity index (χ1v) is 7.44. The molecular formula is C17H23N3O2. The number of nitrogens with one attached hydrogen (secondary N) is 1. The van der Waals surface area contributed by atoms with Gasteiger partial charge in [-0.1, -0.05) is 26.0 Å². The Hall–Kier alpha value is -2.30. The third-order valence-corrected chi connectivity index (χ3v) is 3.43. The highest BCUT2D eigenvalue weighted by Crippen LogP contribution is 2.28. The second kappa shape index (κ2) is 6.64. The summed E-state index contributed by atoms with van der Waals surface area (Å²) in [7, 11) is 1.80. The number of rotatable bonds is 5. The fourth-order valence-electron chi connectivity index (χ4n) is 2.17. The Bertz CT molecular complexity index is 662. The Morgan fingerprint density at radius 3 is 2.59 bits per heavy atom. The molecule has 0 aliphatic rings. The minimum Gasteiger partial charge on any atom is -0.481 e. The fourth-order valence-corrected chi connectivity index (χ4v) is 2.17. The third-order valence-electron chi connectivity index (χ3n) is 3.43. The van der Waals surface area contributed by atoms with Gasteiger partial charge in [-0.25, -0.2) is 0 Å². The summed E-state index contributed by atoms with van der Waals surface area (Å²) in [6, 6.07) is 7.83. The smallest absolute Gasteiger partial charge is 0.266 e. The van der Waals surface area contributed by atoms with Crippen LogP contribution in [0.2, 0.25) is 0 Å². The van der Waals surface area contributed by atoms with Crippen molar-refractivity contribution >= 4 is 11.7 Å². The molecule has 1 atom stereocenters. The van der Waals surface area contributed by atoms with E-state index < -0.39 is 6.10 Å². The molecule has 0 bridgehead atoms. The van der Waals surface area contributed by atoms with Crippen molar-refractivity contribution in [2.45, 2.75) is 39.7 Å². The van der Waals surface area contributed by atoms with Gasteiger partial charge < -0.3 is 10.1 Å². The van der Waals surface area contributed by atoms with Gasteiger partial charge in [-0.3, -0.25) is 9.48 Å². The van der Waals surface area contributed by atoms with E-state index >= 15 is 0 Å². The Balaban J connectivity index is 2.09. The molecule has 2 rings (SSSR count). The second-order valence-corrected chi connectivity index (χ2v) is 5.82. The topological polar surface area (TPSA) is 56.1 Å². The molecular weight excluding hydrogens is 278 g/mol. The number of hydrogen-bond acceptors (Lipinski definition) is 3. The van der Waals surface area contributed by atoms with Crippen molar-refractivity contribution in [2.75, 3.05) is 5.32 Å². The fraction of sp³-hybridized carbons (Fsp3) is 0.412. The zero-order valence-electron chi connectivity index (χ0n) is 13.8. The van der Waals surface area contributed by atoms with Crippen LogP contribution >= 0.6 is 0 Å². The van der Waals surface area contributed by atoms with Crippen LogP contribution in [0.5, 0.6) is 5.75 Å². The molecule has 5 heteroatoms. The third kappa shape index (κ3) is 3.87. The van der Waals surface area contributed by atoms with Crippen molar-refractivity contribution in [1.82, 2.24) is 9.78 Å². The van der Waals surface area contributed by atoms with E-state index in [9.17, 15) is 4.79 Å². The van der Waals surface area contributed by atoms with Gasteiger partial charge in [0.1, 0.15) is 5.75 Å². The number of hydrogen-bond donors (Lipinski definition) is 1. The van der Waals surface area contributed by atoms with Crippen LogP contribution < -0.4 is 10.1 Å². The van der Waals surface area contributed by atoms with Gasteiger partial charge in [0.25, 0.3) is 5.91 Å². The molecule has 1 N–H and O–H groups in total. The van der Waals surface area contributed by atoms with Crippen LogP contribution in [0.15, 0.2) is 30.5 Å². The van der Waals surface area contributed by atoms with Crippen LogP contribution in [0.25, 0.3) is 0 Å². The lowest BCUT2D eigenvalue weighted by Gasteiger charge is -2.19. The molecule has 0 saturated heterocycles. The maximum atomic E-state index is 12.2. The Morgan fingerprint density at radius 2 is 2.00 bits per heavy atom. The van der Waals surface area contributed by atoms with E-state index in [0.29, 0.717) is 11.7 Å². The normalized spacial score (nSPS) is 12.3. The van der Waals surface area contributed by atoms with Crippen LogP contribution in [0.3, 0.4) is 0 Å². The van der Waals surface area contributed by atoms with E-state index in [1.807, 2.05) is 13.0 Å². The van der Waals surface area contributed by atoms with Crippen molar-refractivity contribution in [2.24, 2.45) is 7.05 Å². The van der Waals surface area contributed by atoms with Crippen LogP contribution in [-0.4, -0.2) is 21.8 Å². The molecule has 5 nitrogen and oxygen atoms in total. The molecule has 118 valence electrons. The average molecular weight is 301 g/mol. The quantitative estimate of drug-likeness (QED) is 0.922. The maximum Gasteiger partial charge on any atom is 0.266 e. The van der Waals surface area contributed by atoms with Gasteiger partial charge in [0.15, 0.2) is 11.9 Å². The average Bonchev–Trinajstić information content (AvgIpc) is 2.83. The number of benzene rings is 1. The molecule has 2 aromatic rings. The predicted octanol–water partition coefficient (Wildman–Crippen LogP) is 3.26. The molecule has 0 fully saturated rings. The highest BCUT2D eigenvalue weighted by Gasteiger charge is 2.18. The van der Waals surface area contributed by atoms with E-state index in [2.05, 4.69) is 36.4 Å². The van der Waals surface area contributed by atoms with Crippen LogP contribution in [-0.2, 0) is 11.8 Å². The van der Waals surface area contributed by atoms with Crippen molar-refractivity contribution in [1.29, 1.82) is 0 Å². The number of carbonyl (C=O) groups excluding carboxylic acids is 1. The molecule has 0 aliphatic carbocycles. The molecule has 0 saturated carbocycles. The summed E-state index contributed by atoms with van der Waals surface area (Å²) in [5.74, 6) is 1.41. The lowest BCUT2D eigenvalue weighted by molar-refractivity contribution is -0.122. The highest BCUT2D eigenvalue weighted by molar-refractivity contribution is 5.93. The molecule has 1 unspecified atom stereocenters. The summed E-state index contributed by atoms with van der Waals surface area (Å²) in [6.45, 7) is 7.96. The summed E-state index contributed by atoms with van der Waals surface area (Å²) >= 11 is 0. The Kier molecular flexibility index (Phi) is 4.85.